The summed E-state index contributed by atoms with van der Waals surface area (Å²) in [5.41, 5.74) is 6.18. The molecule has 5 rings (SSSR count). The molecule has 3 aliphatic rings. The molecule has 0 unspecified atom stereocenters. The smallest absolute Gasteiger partial charge is 0.261 e. The number of Topliss-reactive ketones (excluding diaryl/α,β-unsaturated/α-hetero) is 1. The Kier molecular flexibility index (Phi) is 6.39. The van der Waals surface area contributed by atoms with Crippen molar-refractivity contribution < 1.29 is 23.5 Å². The number of ketones is 1. The molecule has 3 fully saturated rings. The van der Waals surface area contributed by atoms with Gasteiger partial charge in [0.25, 0.3) is 5.91 Å². The first-order valence-corrected chi connectivity index (χ1v) is 12.6. The fourth-order valence-corrected chi connectivity index (χ4v) is 6.96. The Morgan fingerprint density at radius 1 is 1.26 bits per heavy atom. The van der Waals surface area contributed by atoms with Crippen molar-refractivity contribution in [1.82, 2.24) is 15.1 Å². The molecule has 4 atom stereocenters. The normalized spacial score (nSPS) is 26.0. The van der Waals surface area contributed by atoms with E-state index in [4.69, 9.17) is 22.1 Å². The van der Waals surface area contributed by atoms with Gasteiger partial charge in [0, 0.05) is 22.5 Å². The number of fused-ring (bicyclic) bond motifs is 1. The SMILES string of the molecule is NC(=O)c1sc(-c2ccnnc2)c([C@@H](C(=O)N2C[C@H](Cl)[C@H]3OCC(=O)[C@H]32)C2CCCCC2)c1F. The van der Waals surface area contributed by atoms with Crippen LogP contribution in [0.15, 0.2) is 18.5 Å². The number of aromatic nitrogens is 2. The van der Waals surface area contributed by atoms with E-state index in [1.807, 2.05) is 0 Å². The van der Waals surface area contributed by atoms with Crippen LogP contribution in [0.5, 0.6) is 0 Å². The van der Waals surface area contributed by atoms with Crippen molar-refractivity contribution in [2.45, 2.75) is 55.5 Å². The molecule has 4 heterocycles. The number of hydrogen-bond donors (Lipinski definition) is 1. The lowest BCUT2D eigenvalue weighted by Crippen LogP contribution is -2.46. The van der Waals surface area contributed by atoms with E-state index in [2.05, 4.69) is 10.2 Å². The zero-order chi connectivity index (χ0) is 24.0. The van der Waals surface area contributed by atoms with E-state index < -0.39 is 35.2 Å². The molecule has 1 aliphatic carbocycles. The molecule has 2 aliphatic heterocycles. The van der Waals surface area contributed by atoms with Crippen LogP contribution in [-0.4, -0.2) is 63.4 Å². The van der Waals surface area contributed by atoms with Gasteiger partial charge >= 0.3 is 0 Å². The van der Waals surface area contributed by atoms with Gasteiger partial charge in [-0.2, -0.15) is 10.2 Å². The van der Waals surface area contributed by atoms with Crippen LogP contribution in [-0.2, 0) is 14.3 Å². The molecule has 2 aromatic heterocycles. The highest BCUT2D eigenvalue weighted by Crippen LogP contribution is 2.47. The lowest BCUT2D eigenvalue weighted by Gasteiger charge is -2.34. The summed E-state index contributed by atoms with van der Waals surface area (Å²) in [6.45, 7) is 0.0499. The number of alkyl halides is 1. The first-order valence-electron chi connectivity index (χ1n) is 11.4. The van der Waals surface area contributed by atoms with E-state index in [-0.39, 0.29) is 41.2 Å². The lowest BCUT2D eigenvalue weighted by molar-refractivity contribution is -0.139. The molecular formula is C23H24ClFN4O4S. The number of carbonyl (C=O) groups excluding carboxylic acids is 3. The lowest BCUT2D eigenvalue weighted by atomic mass is 9.75. The van der Waals surface area contributed by atoms with Gasteiger partial charge in [-0.3, -0.25) is 14.4 Å². The molecule has 2 amide bonds. The van der Waals surface area contributed by atoms with Gasteiger partial charge in [-0.25, -0.2) is 4.39 Å². The van der Waals surface area contributed by atoms with Gasteiger partial charge in [0.15, 0.2) is 11.6 Å². The van der Waals surface area contributed by atoms with Gasteiger partial charge in [0.05, 0.1) is 23.7 Å². The highest BCUT2D eigenvalue weighted by atomic mass is 35.5. The molecule has 1 saturated carbocycles. The predicted molar refractivity (Wildman–Crippen MR) is 123 cm³/mol. The molecule has 34 heavy (non-hydrogen) atoms. The van der Waals surface area contributed by atoms with Crippen molar-refractivity contribution >= 4 is 40.5 Å². The number of rotatable bonds is 5. The third kappa shape index (κ3) is 3.91. The quantitative estimate of drug-likeness (QED) is 0.623. The highest BCUT2D eigenvalue weighted by Gasteiger charge is 2.54. The zero-order valence-electron chi connectivity index (χ0n) is 18.3. The van der Waals surface area contributed by atoms with Crippen molar-refractivity contribution in [3.63, 3.8) is 0 Å². The van der Waals surface area contributed by atoms with E-state index in [0.29, 0.717) is 10.4 Å². The maximum absolute atomic E-state index is 15.9. The van der Waals surface area contributed by atoms with E-state index in [1.165, 1.54) is 17.3 Å². The van der Waals surface area contributed by atoms with Crippen molar-refractivity contribution in [3.8, 4) is 10.4 Å². The molecule has 8 nitrogen and oxygen atoms in total. The third-order valence-electron chi connectivity index (χ3n) is 7.06. The zero-order valence-corrected chi connectivity index (χ0v) is 19.9. The Balaban J connectivity index is 1.64. The predicted octanol–water partition coefficient (Wildman–Crippen LogP) is 2.89. The van der Waals surface area contributed by atoms with Crippen molar-refractivity contribution in [3.05, 3.63) is 34.7 Å². The summed E-state index contributed by atoms with van der Waals surface area (Å²) in [6, 6.07) is 0.883. The number of hydrogen-bond acceptors (Lipinski definition) is 7. The van der Waals surface area contributed by atoms with Crippen LogP contribution in [0.1, 0.15) is 53.3 Å². The standard InChI is InChI=1S/C23H24ClFN4O4S/c24-13-9-29(18-14(30)10-33-19(13)18)23(32)15(11-4-2-1-3-5-11)16-17(25)21(22(26)31)34-20(16)12-6-7-27-28-8-12/h6-8,11,13,15,18-19H,1-5,9-10H2,(H2,26,31)/t13-,15-,18+,19+/m0/s1. The van der Waals surface area contributed by atoms with Gasteiger partial charge in [-0.1, -0.05) is 19.3 Å². The Labute approximate surface area is 204 Å². The summed E-state index contributed by atoms with van der Waals surface area (Å²) in [5.74, 6) is -3.27. The third-order valence-corrected chi connectivity index (χ3v) is 8.69. The van der Waals surface area contributed by atoms with Crippen LogP contribution in [0.4, 0.5) is 4.39 Å². The molecule has 2 N–H and O–H groups in total. The first-order chi connectivity index (χ1) is 16.4. The Morgan fingerprint density at radius 2 is 2.03 bits per heavy atom. The molecule has 0 spiro atoms. The second-order valence-electron chi connectivity index (χ2n) is 9.05. The van der Waals surface area contributed by atoms with Gasteiger partial charge in [0.2, 0.25) is 5.91 Å². The number of nitrogens with two attached hydrogens (primary N) is 1. The van der Waals surface area contributed by atoms with Crippen LogP contribution in [0.25, 0.3) is 10.4 Å². The maximum atomic E-state index is 15.9. The van der Waals surface area contributed by atoms with Crippen molar-refractivity contribution in [2.24, 2.45) is 11.7 Å². The highest BCUT2D eigenvalue weighted by molar-refractivity contribution is 7.17. The number of thiophene rings is 1. The van der Waals surface area contributed by atoms with Gasteiger partial charge in [0.1, 0.15) is 23.6 Å². The van der Waals surface area contributed by atoms with Gasteiger partial charge < -0.3 is 15.4 Å². The number of primary amides is 1. The molecular weight excluding hydrogens is 483 g/mol. The minimum absolute atomic E-state index is 0.0942. The second-order valence-corrected chi connectivity index (χ2v) is 10.6. The Morgan fingerprint density at radius 3 is 2.71 bits per heavy atom. The topological polar surface area (TPSA) is 115 Å². The number of nitrogens with zero attached hydrogens (tertiary/aromatic N) is 3. The van der Waals surface area contributed by atoms with Gasteiger partial charge in [-0.05, 0) is 24.8 Å². The maximum Gasteiger partial charge on any atom is 0.261 e. The number of ether oxygens (including phenoxy) is 1. The van der Waals surface area contributed by atoms with Crippen LogP contribution in [0.2, 0.25) is 0 Å². The average molecular weight is 507 g/mol. The summed E-state index contributed by atoms with van der Waals surface area (Å²) < 4.78 is 21.4. The molecule has 180 valence electrons. The van der Waals surface area contributed by atoms with E-state index >= 15 is 4.39 Å². The fourth-order valence-electron chi connectivity index (χ4n) is 5.53. The largest absolute Gasteiger partial charge is 0.366 e. The van der Waals surface area contributed by atoms with E-state index in [9.17, 15) is 14.4 Å². The van der Waals surface area contributed by atoms with Crippen molar-refractivity contribution in [2.75, 3.05) is 13.2 Å². The average Bonchev–Trinajstić information content (AvgIpc) is 3.50. The summed E-state index contributed by atoms with van der Waals surface area (Å²) in [7, 11) is 0. The second kappa shape index (κ2) is 9.31. The molecule has 2 aromatic rings. The van der Waals surface area contributed by atoms with E-state index in [0.717, 1.165) is 43.4 Å². The van der Waals surface area contributed by atoms with Crippen LogP contribution >= 0.6 is 22.9 Å². The number of carbonyl (C=O) groups is 3. The van der Waals surface area contributed by atoms with Crippen molar-refractivity contribution in [1.29, 1.82) is 0 Å². The van der Waals surface area contributed by atoms with Crippen LogP contribution in [0.3, 0.4) is 0 Å². The summed E-state index contributed by atoms with van der Waals surface area (Å²) in [6.07, 6.45) is 6.73. The molecule has 0 radical (unpaired) electrons. The van der Waals surface area contributed by atoms with Gasteiger partial charge in [-0.15, -0.1) is 22.9 Å². The minimum Gasteiger partial charge on any atom is -0.366 e. The summed E-state index contributed by atoms with van der Waals surface area (Å²) in [5, 5.41) is 7.14. The number of amides is 2. The van der Waals surface area contributed by atoms with E-state index in [1.54, 1.807) is 6.07 Å². The number of likely N-dealkylation sites (tertiary alicyclic amines) is 1. The summed E-state index contributed by atoms with van der Waals surface area (Å²) >= 11 is 7.35. The first kappa shape index (κ1) is 23.3. The molecule has 0 bridgehead atoms. The summed E-state index contributed by atoms with van der Waals surface area (Å²) in [4.78, 5) is 40.5. The molecule has 2 saturated heterocycles. The minimum atomic E-state index is -0.895. The number of halogens is 2. The molecule has 11 heteroatoms. The Bertz CT molecular complexity index is 1120. The fraction of sp³-hybridized carbons (Fsp3) is 0.522. The van der Waals surface area contributed by atoms with Crippen LogP contribution < -0.4 is 5.73 Å². The Hall–Kier alpha value is -2.43. The molecule has 0 aromatic carbocycles. The van der Waals surface area contributed by atoms with Crippen LogP contribution in [0, 0.1) is 11.7 Å². The monoisotopic (exact) mass is 506 g/mol.